The molecule has 9 nitrogen and oxygen atoms in total. The number of likely N-dealkylation sites (N-methyl/N-ethyl adjacent to an activating group) is 2. The second kappa shape index (κ2) is 7.34. The van der Waals surface area contributed by atoms with Crippen LogP contribution in [-0.4, -0.2) is 80.4 Å². The highest BCUT2D eigenvalue weighted by Gasteiger charge is 2.17. The molecule has 0 aromatic carbocycles. The van der Waals surface area contributed by atoms with Gasteiger partial charge in [-0.15, -0.1) is 0 Å². The van der Waals surface area contributed by atoms with E-state index in [1.807, 2.05) is 26.0 Å². The summed E-state index contributed by atoms with van der Waals surface area (Å²) in [6, 6.07) is 0. The van der Waals surface area contributed by atoms with E-state index in [2.05, 4.69) is 30.2 Å². The quantitative estimate of drug-likeness (QED) is 0.505. The first-order chi connectivity index (χ1) is 10.1. The highest BCUT2D eigenvalue weighted by atomic mass is 16.5. The zero-order chi connectivity index (χ0) is 15.2. The normalized spacial score (nSPS) is 15.4. The van der Waals surface area contributed by atoms with Gasteiger partial charge in [-0.1, -0.05) is 0 Å². The van der Waals surface area contributed by atoms with E-state index in [9.17, 15) is 0 Å². The van der Waals surface area contributed by atoms with Crippen molar-refractivity contribution in [3.63, 3.8) is 0 Å². The van der Waals surface area contributed by atoms with Gasteiger partial charge in [0.1, 0.15) is 0 Å². The first-order valence-electron chi connectivity index (χ1n) is 7.01. The molecule has 0 atom stereocenters. The molecule has 0 aliphatic carbocycles. The van der Waals surface area contributed by atoms with Crippen molar-refractivity contribution in [2.24, 2.45) is 5.84 Å². The number of nitrogens with one attached hydrogen (secondary N) is 1. The van der Waals surface area contributed by atoms with Crippen molar-refractivity contribution in [3.8, 4) is 0 Å². The van der Waals surface area contributed by atoms with Gasteiger partial charge < -0.3 is 19.4 Å². The minimum atomic E-state index is 0.373. The van der Waals surface area contributed by atoms with E-state index in [0.717, 1.165) is 26.2 Å². The molecule has 1 aliphatic heterocycles. The van der Waals surface area contributed by atoms with Crippen molar-refractivity contribution in [1.29, 1.82) is 0 Å². The number of hydrogen-bond acceptors (Lipinski definition) is 9. The van der Waals surface area contributed by atoms with Crippen molar-refractivity contribution in [2.45, 2.75) is 0 Å². The van der Waals surface area contributed by atoms with Gasteiger partial charge in [0, 0.05) is 33.2 Å². The van der Waals surface area contributed by atoms with Crippen molar-refractivity contribution < 1.29 is 4.74 Å². The van der Waals surface area contributed by atoms with Crippen molar-refractivity contribution >= 4 is 17.8 Å². The van der Waals surface area contributed by atoms with E-state index >= 15 is 0 Å². The van der Waals surface area contributed by atoms with Gasteiger partial charge in [-0.2, -0.15) is 15.0 Å². The first-order valence-corrected chi connectivity index (χ1v) is 7.01. The average molecular weight is 296 g/mol. The molecule has 0 spiro atoms. The average Bonchev–Trinajstić information content (AvgIpc) is 2.52. The number of nitrogens with two attached hydrogens (primary N) is 1. The Morgan fingerprint density at radius 2 is 1.86 bits per heavy atom. The van der Waals surface area contributed by atoms with E-state index in [4.69, 9.17) is 10.6 Å². The van der Waals surface area contributed by atoms with E-state index < -0.39 is 0 Å². The van der Waals surface area contributed by atoms with Crippen LogP contribution in [0.15, 0.2) is 0 Å². The van der Waals surface area contributed by atoms with Crippen LogP contribution in [0.3, 0.4) is 0 Å². The summed E-state index contributed by atoms with van der Waals surface area (Å²) < 4.78 is 5.35. The van der Waals surface area contributed by atoms with Crippen LogP contribution in [-0.2, 0) is 4.74 Å². The van der Waals surface area contributed by atoms with Crippen molar-refractivity contribution in [3.05, 3.63) is 0 Å². The Morgan fingerprint density at radius 1 is 1.14 bits per heavy atom. The molecule has 2 heterocycles. The van der Waals surface area contributed by atoms with Gasteiger partial charge in [0.2, 0.25) is 17.8 Å². The second-order valence-corrected chi connectivity index (χ2v) is 5.23. The predicted octanol–water partition coefficient (Wildman–Crippen LogP) is -1.01. The van der Waals surface area contributed by atoms with Gasteiger partial charge in [0.25, 0.3) is 0 Å². The lowest BCUT2D eigenvalue weighted by molar-refractivity contribution is 0.122. The Hall–Kier alpha value is -1.71. The lowest BCUT2D eigenvalue weighted by Gasteiger charge is -2.28. The number of morpholine rings is 1. The molecular weight excluding hydrogens is 272 g/mol. The molecule has 21 heavy (non-hydrogen) atoms. The number of aromatic nitrogens is 3. The molecule has 0 bridgehead atoms. The molecule has 1 fully saturated rings. The molecule has 0 amide bonds. The molecule has 1 saturated heterocycles. The molecule has 9 heteroatoms. The van der Waals surface area contributed by atoms with E-state index in [-0.39, 0.29) is 0 Å². The monoisotopic (exact) mass is 296 g/mol. The molecule has 1 aromatic rings. The molecule has 1 aromatic heterocycles. The van der Waals surface area contributed by atoms with E-state index in [1.165, 1.54) is 0 Å². The molecule has 2 rings (SSSR count). The van der Waals surface area contributed by atoms with Crippen LogP contribution in [0.25, 0.3) is 0 Å². The minimum absolute atomic E-state index is 0.373. The molecule has 1 aliphatic rings. The Balaban J connectivity index is 2.16. The number of nitrogen functional groups attached to an aromatic ring is 1. The summed E-state index contributed by atoms with van der Waals surface area (Å²) in [5.41, 5.74) is 2.51. The number of nitrogens with zero attached hydrogens (tertiary/aromatic N) is 6. The summed E-state index contributed by atoms with van der Waals surface area (Å²) in [7, 11) is 6.03. The van der Waals surface area contributed by atoms with Crippen molar-refractivity contribution in [2.75, 3.05) is 75.8 Å². The van der Waals surface area contributed by atoms with Crippen LogP contribution in [0.1, 0.15) is 0 Å². The van der Waals surface area contributed by atoms with Crippen LogP contribution >= 0.6 is 0 Å². The third-order valence-electron chi connectivity index (χ3n) is 3.26. The predicted molar refractivity (Wildman–Crippen MR) is 82.5 cm³/mol. The summed E-state index contributed by atoms with van der Waals surface area (Å²) in [6.07, 6.45) is 0. The van der Waals surface area contributed by atoms with Crippen LogP contribution < -0.4 is 21.1 Å². The van der Waals surface area contributed by atoms with Crippen LogP contribution in [0, 0.1) is 0 Å². The third kappa shape index (κ3) is 4.38. The van der Waals surface area contributed by atoms with Gasteiger partial charge in [0.05, 0.1) is 13.2 Å². The maximum atomic E-state index is 5.47. The van der Waals surface area contributed by atoms with Crippen molar-refractivity contribution in [1.82, 2.24) is 19.9 Å². The fraction of sp³-hybridized carbons (Fsp3) is 0.750. The van der Waals surface area contributed by atoms with Gasteiger partial charge in [-0.05, 0) is 14.1 Å². The summed E-state index contributed by atoms with van der Waals surface area (Å²) in [5, 5.41) is 0. The Morgan fingerprint density at radius 3 is 2.48 bits per heavy atom. The van der Waals surface area contributed by atoms with Gasteiger partial charge >= 0.3 is 0 Å². The summed E-state index contributed by atoms with van der Waals surface area (Å²) >= 11 is 0. The van der Waals surface area contributed by atoms with Crippen LogP contribution in [0.4, 0.5) is 17.8 Å². The van der Waals surface area contributed by atoms with Gasteiger partial charge in [-0.3, -0.25) is 5.43 Å². The topological polar surface area (TPSA) is 95.7 Å². The zero-order valence-electron chi connectivity index (χ0n) is 12.9. The summed E-state index contributed by atoms with van der Waals surface area (Å²) in [4.78, 5) is 19.4. The lowest BCUT2D eigenvalue weighted by atomic mass is 10.4. The highest BCUT2D eigenvalue weighted by molar-refractivity contribution is 5.44. The van der Waals surface area contributed by atoms with Gasteiger partial charge in [-0.25, -0.2) is 5.84 Å². The highest BCUT2D eigenvalue weighted by Crippen LogP contribution is 2.16. The largest absolute Gasteiger partial charge is 0.378 e. The van der Waals surface area contributed by atoms with Crippen LogP contribution in [0.5, 0.6) is 0 Å². The van der Waals surface area contributed by atoms with E-state index in [0.29, 0.717) is 31.1 Å². The standard InChI is InChI=1S/C12H24N8O/c1-18(2)4-5-19(3)11-14-10(17-13)15-12(16-11)20-6-8-21-9-7-20/h4-9,13H2,1-3H3,(H,14,15,16,17). The fourth-order valence-electron chi connectivity index (χ4n) is 1.94. The fourth-order valence-corrected chi connectivity index (χ4v) is 1.94. The number of rotatable bonds is 6. The zero-order valence-corrected chi connectivity index (χ0v) is 12.9. The number of anilines is 3. The van der Waals surface area contributed by atoms with E-state index in [1.54, 1.807) is 0 Å². The third-order valence-corrected chi connectivity index (χ3v) is 3.26. The first kappa shape index (κ1) is 15.7. The number of hydrogen-bond donors (Lipinski definition) is 2. The maximum absolute atomic E-state index is 5.47. The molecular formula is C12H24N8O. The Kier molecular flexibility index (Phi) is 5.48. The summed E-state index contributed by atoms with van der Waals surface area (Å²) in [6.45, 7) is 4.65. The molecule has 0 radical (unpaired) electrons. The minimum Gasteiger partial charge on any atom is -0.378 e. The summed E-state index contributed by atoms with van der Waals surface area (Å²) in [5.74, 6) is 7.08. The molecule has 0 saturated carbocycles. The number of ether oxygens (including phenoxy) is 1. The van der Waals surface area contributed by atoms with Crippen LogP contribution in [0.2, 0.25) is 0 Å². The molecule has 0 unspecified atom stereocenters. The second-order valence-electron chi connectivity index (χ2n) is 5.23. The Bertz CT molecular complexity index is 449. The smallest absolute Gasteiger partial charge is 0.243 e. The van der Waals surface area contributed by atoms with Gasteiger partial charge in [0.15, 0.2) is 0 Å². The SMILES string of the molecule is CN(C)CCN(C)c1nc(NN)nc(N2CCOCC2)n1. The molecule has 3 N–H and O–H groups in total. The number of hydrazine groups is 1. The molecule has 118 valence electrons. The maximum Gasteiger partial charge on any atom is 0.243 e. The lowest BCUT2D eigenvalue weighted by Crippen LogP contribution is -2.38. The Labute approximate surface area is 125 Å².